The first-order chi connectivity index (χ1) is 14.6. The Hall–Kier alpha value is -2.48. The van der Waals surface area contributed by atoms with Crippen LogP contribution in [0.2, 0.25) is 0 Å². The first-order valence-electron chi connectivity index (χ1n) is 11.8. The molecular formula is C28H36N2+2. The van der Waals surface area contributed by atoms with Crippen molar-refractivity contribution in [1.29, 1.82) is 0 Å². The van der Waals surface area contributed by atoms with Crippen LogP contribution in [-0.4, -0.2) is 0 Å². The second-order valence-electron chi connectivity index (χ2n) is 8.99. The van der Waals surface area contributed by atoms with E-state index in [-0.39, 0.29) is 5.41 Å². The molecule has 0 fully saturated rings. The molecule has 2 heterocycles. The maximum atomic E-state index is 2.45. The average molecular weight is 401 g/mol. The van der Waals surface area contributed by atoms with Crippen molar-refractivity contribution in [2.24, 2.45) is 0 Å². The van der Waals surface area contributed by atoms with E-state index in [9.17, 15) is 0 Å². The molecule has 0 aliphatic heterocycles. The van der Waals surface area contributed by atoms with Crippen molar-refractivity contribution >= 4 is 0 Å². The molecular weight excluding hydrogens is 364 g/mol. The minimum Gasteiger partial charge on any atom is -0.205 e. The van der Waals surface area contributed by atoms with Crippen LogP contribution in [0.25, 0.3) is 22.3 Å². The minimum atomic E-state index is 0.0751. The van der Waals surface area contributed by atoms with Crippen LogP contribution < -0.4 is 9.13 Å². The lowest BCUT2D eigenvalue weighted by atomic mass is 9.78. The van der Waals surface area contributed by atoms with Crippen LogP contribution in [0.4, 0.5) is 0 Å². The van der Waals surface area contributed by atoms with Gasteiger partial charge in [-0.05, 0) is 40.3 Å². The normalized spacial score (nSPS) is 17.1. The lowest BCUT2D eigenvalue weighted by Crippen LogP contribution is -2.35. The summed E-state index contributed by atoms with van der Waals surface area (Å²) in [4.78, 5) is 0. The fraction of sp³-hybridized carbons (Fsp3) is 0.429. The van der Waals surface area contributed by atoms with Crippen LogP contribution in [-0.2, 0) is 18.5 Å². The highest BCUT2D eigenvalue weighted by molar-refractivity contribution is 5.83. The van der Waals surface area contributed by atoms with Gasteiger partial charge >= 0.3 is 0 Å². The van der Waals surface area contributed by atoms with E-state index in [1.54, 1.807) is 0 Å². The standard InChI is InChI=1S/C28H36N2/c1-5-8-15-29-17-12-22(13-18-29)23-10-11-24-25-14-19-30(16-9-6-2)21-27(25)28(4,7-3)26(24)20-23/h10-14,17-21H,5-9,15-16H2,1-4H3/q+2. The molecule has 30 heavy (non-hydrogen) atoms. The molecule has 0 radical (unpaired) electrons. The highest BCUT2D eigenvalue weighted by Crippen LogP contribution is 2.50. The molecule has 156 valence electrons. The molecule has 0 N–H and O–H groups in total. The summed E-state index contributed by atoms with van der Waals surface area (Å²) in [5.41, 5.74) is 8.50. The molecule has 1 unspecified atom stereocenters. The molecule has 2 nitrogen and oxygen atoms in total. The summed E-state index contributed by atoms with van der Waals surface area (Å²) in [7, 11) is 0. The molecule has 1 atom stereocenters. The smallest absolute Gasteiger partial charge is 0.173 e. The van der Waals surface area contributed by atoms with E-state index in [4.69, 9.17) is 0 Å². The predicted molar refractivity (Wildman–Crippen MR) is 124 cm³/mol. The highest BCUT2D eigenvalue weighted by Gasteiger charge is 2.40. The minimum absolute atomic E-state index is 0.0751. The molecule has 0 spiro atoms. The van der Waals surface area contributed by atoms with Gasteiger partial charge in [0.15, 0.2) is 24.8 Å². The molecule has 2 aromatic heterocycles. The Labute approximate surface area is 182 Å². The fourth-order valence-corrected chi connectivity index (χ4v) is 4.77. The molecule has 4 rings (SSSR count). The zero-order valence-electron chi connectivity index (χ0n) is 19.1. The fourth-order valence-electron chi connectivity index (χ4n) is 4.77. The third-order valence-electron chi connectivity index (χ3n) is 6.99. The van der Waals surface area contributed by atoms with Crippen LogP contribution in [0, 0.1) is 0 Å². The summed E-state index contributed by atoms with van der Waals surface area (Å²) in [5, 5.41) is 0. The number of unbranched alkanes of at least 4 members (excludes halogenated alkanes) is 2. The van der Waals surface area contributed by atoms with E-state index in [1.807, 2.05) is 0 Å². The number of hydrogen-bond donors (Lipinski definition) is 0. The molecule has 1 aliphatic carbocycles. The third-order valence-corrected chi connectivity index (χ3v) is 6.99. The zero-order valence-corrected chi connectivity index (χ0v) is 19.1. The van der Waals surface area contributed by atoms with Gasteiger partial charge in [0.2, 0.25) is 0 Å². The summed E-state index contributed by atoms with van der Waals surface area (Å²) < 4.78 is 4.68. The van der Waals surface area contributed by atoms with Gasteiger partial charge in [0.05, 0.1) is 0 Å². The van der Waals surface area contributed by atoms with Crippen molar-refractivity contribution < 1.29 is 9.13 Å². The lowest BCUT2D eigenvalue weighted by molar-refractivity contribution is -0.697. The van der Waals surface area contributed by atoms with Crippen molar-refractivity contribution in [1.82, 2.24) is 0 Å². The molecule has 0 saturated heterocycles. The summed E-state index contributed by atoms with van der Waals surface area (Å²) >= 11 is 0. The number of nitrogens with zero attached hydrogens (tertiary/aromatic N) is 2. The summed E-state index contributed by atoms with van der Waals surface area (Å²) in [6.07, 6.45) is 15.2. The molecule has 1 aliphatic rings. The van der Waals surface area contributed by atoms with Crippen molar-refractivity contribution in [3.05, 3.63) is 72.3 Å². The molecule has 1 aromatic carbocycles. The Morgan fingerprint density at radius 1 is 0.700 bits per heavy atom. The van der Waals surface area contributed by atoms with Crippen LogP contribution in [0.1, 0.15) is 70.9 Å². The molecule has 3 aromatic rings. The largest absolute Gasteiger partial charge is 0.205 e. The summed E-state index contributed by atoms with van der Waals surface area (Å²) in [5.74, 6) is 0. The van der Waals surface area contributed by atoms with Gasteiger partial charge in [-0.25, -0.2) is 9.13 Å². The summed E-state index contributed by atoms with van der Waals surface area (Å²) in [6, 6.07) is 14.0. The second-order valence-corrected chi connectivity index (χ2v) is 8.99. The Bertz CT molecular complexity index is 1020. The number of aromatic nitrogens is 2. The van der Waals surface area contributed by atoms with Gasteiger partial charge in [-0.15, -0.1) is 0 Å². The van der Waals surface area contributed by atoms with E-state index >= 15 is 0 Å². The van der Waals surface area contributed by atoms with Gasteiger partial charge in [-0.2, -0.15) is 0 Å². The Kier molecular flexibility index (Phi) is 6.04. The van der Waals surface area contributed by atoms with Crippen LogP contribution in [0.3, 0.4) is 0 Å². The first kappa shape index (κ1) is 20.8. The average Bonchev–Trinajstić information content (AvgIpc) is 3.04. The van der Waals surface area contributed by atoms with Crippen molar-refractivity contribution in [2.75, 3.05) is 0 Å². The monoisotopic (exact) mass is 400 g/mol. The topological polar surface area (TPSA) is 7.76 Å². The number of benzene rings is 1. The Morgan fingerprint density at radius 3 is 2.00 bits per heavy atom. The van der Waals surface area contributed by atoms with E-state index in [0.717, 1.165) is 19.5 Å². The van der Waals surface area contributed by atoms with Crippen LogP contribution in [0.5, 0.6) is 0 Å². The molecule has 0 saturated carbocycles. The predicted octanol–water partition coefficient (Wildman–Crippen LogP) is 6.23. The van der Waals surface area contributed by atoms with Gasteiger partial charge in [0.25, 0.3) is 0 Å². The molecule has 2 heteroatoms. The van der Waals surface area contributed by atoms with E-state index < -0.39 is 0 Å². The Balaban J connectivity index is 1.70. The van der Waals surface area contributed by atoms with Crippen LogP contribution in [0.15, 0.2) is 61.2 Å². The summed E-state index contributed by atoms with van der Waals surface area (Å²) in [6.45, 7) is 11.5. The second kappa shape index (κ2) is 8.71. The van der Waals surface area contributed by atoms with Gasteiger partial charge < -0.3 is 0 Å². The highest BCUT2D eigenvalue weighted by atomic mass is 14.9. The van der Waals surface area contributed by atoms with Gasteiger partial charge in [-0.1, -0.05) is 52.7 Å². The quantitative estimate of drug-likeness (QED) is 0.396. The SMILES string of the molecule is CCCC[n+]1ccc(-c2ccc3c(c2)C(C)(CC)c2c[n+](CCCC)ccc2-3)cc1. The first-order valence-corrected chi connectivity index (χ1v) is 11.8. The zero-order chi connectivity index (χ0) is 21.1. The number of aryl methyl sites for hydroxylation is 2. The van der Waals surface area contributed by atoms with Crippen molar-refractivity contribution in [3.63, 3.8) is 0 Å². The maximum absolute atomic E-state index is 2.45. The van der Waals surface area contributed by atoms with E-state index in [1.165, 1.54) is 59.1 Å². The van der Waals surface area contributed by atoms with Gasteiger partial charge in [0.1, 0.15) is 13.1 Å². The van der Waals surface area contributed by atoms with E-state index in [0.29, 0.717) is 0 Å². The maximum Gasteiger partial charge on any atom is 0.173 e. The number of hydrogen-bond acceptors (Lipinski definition) is 0. The van der Waals surface area contributed by atoms with Gasteiger partial charge in [-0.3, -0.25) is 0 Å². The number of fused-ring (bicyclic) bond motifs is 3. The number of rotatable bonds is 8. The molecule has 0 bridgehead atoms. The third kappa shape index (κ3) is 3.69. The molecule has 0 amide bonds. The van der Waals surface area contributed by atoms with Crippen LogP contribution >= 0.6 is 0 Å². The lowest BCUT2D eigenvalue weighted by Gasteiger charge is -2.25. The van der Waals surface area contributed by atoms with E-state index in [2.05, 4.69) is 98.0 Å². The van der Waals surface area contributed by atoms with Gasteiger partial charge in [0, 0.05) is 42.0 Å². The van der Waals surface area contributed by atoms with Crippen molar-refractivity contribution in [2.45, 2.75) is 78.3 Å². The Morgan fingerprint density at radius 2 is 1.33 bits per heavy atom. The van der Waals surface area contributed by atoms with Crippen molar-refractivity contribution in [3.8, 4) is 22.3 Å². The number of pyridine rings is 2.